The minimum atomic E-state index is -1.85. The summed E-state index contributed by atoms with van der Waals surface area (Å²) in [5, 5.41) is 54.2. The Kier molecular flexibility index (Phi) is 43.0. The smallest absolute Gasteiger partial charge is 0.246 e. The molecule has 15 atom stereocenters. The summed E-state index contributed by atoms with van der Waals surface area (Å²) < 4.78 is 6.33. The molecule has 1 fully saturated rings. The van der Waals surface area contributed by atoms with Crippen molar-refractivity contribution in [2.24, 2.45) is 52.3 Å². The number of benzene rings is 5. The van der Waals surface area contributed by atoms with Crippen molar-refractivity contribution in [2.45, 2.75) is 236 Å². The third-order valence-electron chi connectivity index (χ3n) is 22.6. The number of aromatic amines is 1. The molecule has 132 heavy (non-hydrogen) atoms. The Morgan fingerprint density at radius 1 is 0.485 bits per heavy atom. The molecule has 1 saturated heterocycles. The monoisotopic (exact) mass is 1830 g/mol. The number of primary amides is 2. The fourth-order valence-electron chi connectivity index (χ4n) is 15.2. The van der Waals surface area contributed by atoms with Gasteiger partial charge in [-0.2, -0.15) is 0 Å². The molecule has 716 valence electrons. The van der Waals surface area contributed by atoms with Gasteiger partial charge in [-0.25, -0.2) is 0 Å². The predicted octanol–water partition coefficient (Wildman–Crippen LogP) is 0.193. The Morgan fingerprint density at radius 2 is 0.947 bits per heavy atom. The highest BCUT2D eigenvalue weighted by Gasteiger charge is 2.46. The predicted molar refractivity (Wildman–Crippen MR) is 496 cm³/mol. The molecular formula is C94H133N21O17. The standard InChI is InChI=1S/C94H133N21O17/c1-9-57(8)80(92(130)107-70(81(98)119)43-54(2)3)114-86(124)67(38-26-42-101-94(99)100)104-78(118)51-103-83(121)71(44-55(4)5)108-87(125)72(46-59-29-16-11-17-30-59)109-84(122)68(37-24-25-41-95)105-90(128)75(53-116)112-88(126)73(47-60-31-18-12-19-32-60)110-89(127)74(48-61-50-102-66-36-23-22-35-64(61)66)111-85(123)69(39-40-77(97)117)106-91(129)76-49-63(132-62-33-20-13-21-34-62)52-115(76)93(131)79(56(6)7)113-82(120)65(96)45-58-27-14-10-15-28-58/h10-23,27-36,50,54-57,63,65,67-76,79-80,102,116H,9,24-26,37-49,51-53,95-96H2,1-8H3,(H2,97,117)(H2,98,119)(H,103,121)(H,104,118)(H,105,128)(H,106,129)(H,107,130)(H,108,125)(H,109,122)(H,110,127)(H,111,123)(H,112,126)(H,113,120)(H,114,124)(H4,99,100,101)/t57-,63-,65-,67-,68-,69-,70-,71-,72-,73-,74-,75-,76-,79-,80-/m0/s1. The first kappa shape index (κ1) is 106. The first-order valence-electron chi connectivity index (χ1n) is 45.0. The summed E-state index contributed by atoms with van der Waals surface area (Å²) in [6, 6.07) is 23.4. The number of nitrogens with zero attached hydrogens (tertiary/aromatic N) is 1. The molecule has 38 nitrogen and oxygen atoms in total. The number of carbonyl (C=O) groups is 15. The summed E-state index contributed by atoms with van der Waals surface area (Å²) >= 11 is 0. The number of hydrogen-bond acceptors (Lipinski definition) is 20. The van der Waals surface area contributed by atoms with Crippen molar-refractivity contribution in [2.75, 3.05) is 32.8 Å². The molecule has 5 aromatic carbocycles. The Hall–Kier alpha value is -13.4. The highest BCUT2D eigenvalue weighted by atomic mass is 16.5. The summed E-state index contributed by atoms with van der Waals surface area (Å²) in [4.78, 5) is 220. The van der Waals surface area contributed by atoms with E-state index in [-0.39, 0.29) is 108 Å². The Balaban J connectivity index is 1.11. The van der Waals surface area contributed by atoms with E-state index < -0.39 is 211 Å². The quantitative estimate of drug-likeness (QED) is 0.0138. The first-order chi connectivity index (χ1) is 62.9. The Morgan fingerprint density at radius 3 is 1.48 bits per heavy atom. The van der Waals surface area contributed by atoms with E-state index in [1.165, 1.54) is 4.90 Å². The maximum atomic E-state index is 15.4. The lowest BCUT2D eigenvalue weighted by atomic mass is 9.96. The number of unbranched alkanes of at least 4 members (excludes halogenated alkanes) is 1. The largest absolute Gasteiger partial charge is 0.488 e. The van der Waals surface area contributed by atoms with Crippen molar-refractivity contribution in [3.8, 4) is 5.75 Å². The van der Waals surface area contributed by atoms with Gasteiger partial charge in [0.15, 0.2) is 5.96 Å². The third kappa shape index (κ3) is 34.5. The average molecular weight is 1830 g/mol. The van der Waals surface area contributed by atoms with Crippen molar-refractivity contribution in [3.63, 3.8) is 0 Å². The van der Waals surface area contributed by atoms with E-state index in [0.717, 1.165) is 5.56 Å². The van der Waals surface area contributed by atoms with Crippen molar-refractivity contribution in [1.82, 2.24) is 79.0 Å². The minimum absolute atomic E-state index is 0.00381. The van der Waals surface area contributed by atoms with E-state index >= 15 is 24.0 Å². The number of H-pyrrole nitrogens is 1. The van der Waals surface area contributed by atoms with Gasteiger partial charge in [0.1, 0.15) is 84.4 Å². The molecule has 0 saturated carbocycles. The number of likely N-dealkylation sites (tertiary alicyclic amines) is 1. The number of carbonyl (C=O) groups excluding carboxylic acids is 15. The van der Waals surface area contributed by atoms with E-state index in [1.54, 1.807) is 175 Å². The van der Waals surface area contributed by atoms with Crippen LogP contribution in [0.4, 0.5) is 0 Å². The number of ether oxygens (including phenoxy) is 1. The van der Waals surface area contributed by atoms with Crippen LogP contribution in [0.5, 0.6) is 5.75 Å². The fraction of sp³-hybridized carbons (Fsp3) is 0.489. The van der Waals surface area contributed by atoms with E-state index in [0.29, 0.717) is 46.2 Å². The van der Waals surface area contributed by atoms with Gasteiger partial charge in [-0.3, -0.25) is 77.3 Å². The zero-order chi connectivity index (χ0) is 96.7. The molecular weight excluding hydrogens is 1700 g/mol. The Bertz CT molecular complexity index is 4840. The normalized spacial score (nSPS) is 15.9. The van der Waals surface area contributed by atoms with E-state index in [4.69, 9.17) is 38.8 Å². The number of guanidine groups is 1. The number of aliphatic hydroxyl groups excluding tert-OH is 1. The lowest BCUT2D eigenvalue weighted by molar-refractivity contribution is -0.143. The molecule has 38 heteroatoms. The number of para-hydroxylation sites is 2. The van der Waals surface area contributed by atoms with Crippen LogP contribution in [0.3, 0.4) is 0 Å². The number of aromatic nitrogens is 1. The molecule has 0 bridgehead atoms. The SMILES string of the molecule is CC[C@H](C)[C@H](NC(=O)[C@H](CCCNC(=N)N)NC(=O)CNC(=O)[C@H](CC(C)C)NC(=O)[C@H](Cc1ccccc1)NC(=O)[C@H](CCCCN)NC(=O)[C@H](CO)NC(=O)[C@H](Cc1ccccc1)NC(=O)[C@H](Cc1c[nH]c2ccccc12)NC(=O)[C@H](CCC(N)=O)NC(=O)[C@@H]1C[C@H](Oc2ccccc2)CN1C(=O)[C@@H](NC(=O)[C@@H](N)Cc1ccccc1)C(C)C)C(=O)N[C@@H](CC(C)C)C(N)=O. The molecule has 0 radical (unpaired) electrons. The summed E-state index contributed by atoms with van der Waals surface area (Å²) in [5.74, 6) is -14.1. The number of rotatable bonds is 55. The van der Waals surface area contributed by atoms with E-state index in [2.05, 4.69) is 74.1 Å². The molecule has 7 rings (SSSR count). The second-order valence-corrected chi connectivity index (χ2v) is 34.6. The number of fused-ring (bicyclic) bond motifs is 1. The second kappa shape index (κ2) is 53.7. The van der Waals surface area contributed by atoms with Gasteiger partial charge in [-0.1, -0.05) is 189 Å². The van der Waals surface area contributed by atoms with Crippen molar-refractivity contribution in [3.05, 3.63) is 174 Å². The van der Waals surface area contributed by atoms with Crippen molar-refractivity contribution in [1.29, 1.82) is 5.41 Å². The van der Waals surface area contributed by atoms with Crippen molar-refractivity contribution >= 4 is 105 Å². The first-order valence-corrected chi connectivity index (χ1v) is 45.0. The van der Waals surface area contributed by atoms with Crippen LogP contribution in [0.15, 0.2) is 152 Å². The van der Waals surface area contributed by atoms with E-state index in [1.807, 2.05) is 32.0 Å². The molecule has 0 aliphatic carbocycles. The highest BCUT2D eigenvalue weighted by Crippen LogP contribution is 2.27. The van der Waals surface area contributed by atoms with Gasteiger partial charge in [0.05, 0.1) is 25.7 Å². The molecule has 26 N–H and O–H groups in total. The number of amides is 15. The van der Waals surface area contributed by atoms with Gasteiger partial charge >= 0.3 is 0 Å². The minimum Gasteiger partial charge on any atom is -0.488 e. The molecule has 1 aromatic heterocycles. The number of hydrogen-bond donors (Lipinski definition) is 21. The summed E-state index contributed by atoms with van der Waals surface area (Å²) in [6.45, 7) is 12.5. The van der Waals surface area contributed by atoms with Crippen LogP contribution in [-0.4, -0.2) is 227 Å². The van der Waals surface area contributed by atoms with Crippen molar-refractivity contribution < 1.29 is 81.8 Å². The van der Waals surface area contributed by atoms with Gasteiger partial charge < -0.3 is 118 Å². The van der Waals surface area contributed by atoms with Crippen LogP contribution < -0.4 is 103 Å². The van der Waals surface area contributed by atoms with Crippen LogP contribution >= 0.6 is 0 Å². The Labute approximate surface area is 769 Å². The number of nitrogens with two attached hydrogens (primary N) is 5. The molecule has 15 amide bonds. The van der Waals surface area contributed by atoms with Crippen LogP contribution in [0.2, 0.25) is 0 Å². The summed E-state index contributed by atoms with van der Waals surface area (Å²) in [6.07, 6.45) is 0.446. The lowest BCUT2D eigenvalue weighted by Gasteiger charge is -2.32. The zero-order valence-electron chi connectivity index (χ0n) is 76.3. The molecule has 0 unspecified atom stereocenters. The van der Waals surface area contributed by atoms with Gasteiger partial charge in [0, 0.05) is 55.7 Å². The van der Waals surface area contributed by atoms with Crippen LogP contribution in [0, 0.1) is 29.1 Å². The highest BCUT2D eigenvalue weighted by molar-refractivity contribution is 6.01. The van der Waals surface area contributed by atoms with Crippen LogP contribution in [-0.2, 0) is 97.6 Å². The maximum Gasteiger partial charge on any atom is 0.246 e. The van der Waals surface area contributed by atoms with Gasteiger partial charge in [-0.15, -0.1) is 0 Å². The van der Waals surface area contributed by atoms with Gasteiger partial charge in [0.2, 0.25) is 88.6 Å². The van der Waals surface area contributed by atoms with Gasteiger partial charge in [0.25, 0.3) is 0 Å². The molecule has 1 aliphatic rings. The molecule has 6 aromatic rings. The topological polar surface area (TPSA) is 615 Å². The lowest BCUT2D eigenvalue weighted by Crippen LogP contribution is -2.61. The number of aliphatic hydroxyl groups is 1. The third-order valence-corrected chi connectivity index (χ3v) is 22.6. The summed E-state index contributed by atoms with van der Waals surface area (Å²) in [5.41, 5.74) is 32.2. The van der Waals surface area contributed by atoms with Crippen LogP contribution in [0.1, 0.15) is 148 Å². The molecule has 1 aliphatic heterocycles. The fourth-order valence-corrected chi connectivity index (χ4v) is 15.2. The maximum absolute atomic E-state index is 15.4. The zero-order valence-corrected chi connectivity index (χ0v) is 76.3. The van der Waals surface area contributed by atoms with E-state index in [9.17, 15) is 53.1 Å². The second-order valence-electron chi connectivity index (χ2n) is 34.6. The van der Waals surface area contributed by atoms with Crippen LogP contribution in [0.25, 0.3) is 10.9 Å². The van der Waals surface area contributed by atoms with Gasteiger partial charge in [-0.05, 0) is 128 Å². The average Bonchev–Trinajstić information content (AvgIpc) is 1.65. The summed E-state index contributed by atoms with van der Waals surface area (Å²) in [7, 11) is 0. The molecule has 0 spiro atoms. The molecule has 2 heterocycles. The number of nitrogens with one attached hydrogen (secondary N) is 15.